The number of hydrogen-bond acceptors (Lipinski definition) is 6. The van der Waals surface area contributed by atoms with E-state index in [1.807, 2.05) is 12.1 Å². The lowest BCUT2D eigenvalue weighted by Crippen LogP contribution is -2.36. The van der Waals surface area contributed by atoms with Gasteiger partial charge in [-0.25, -0.2) is 4.98 Å². The van der Waals surface area contributed by atoms with Crippen LogP contribution in [-0.4, -0.2) is 44.3 Å². The van der Waals surface area contributed by atoms with Crippen molar-refractivity contribution in [2.75, 3.05) is 43.6 Å². The highest BCUT2D eigenvalue weighted by Gasteiger charge is 2.17. The fourth-order valence-corrected chi connectivity index (χ4v) is 4.14. The quantitative estimate of drug-likeness (QED) is 0.712. The van der Waals surface area contributed by atoms with Gasteiger partial charge in [0.1, 0.15) is 5.75 Å². The lowest BCUT2D eigenvalue weighted by atomic mass is 10.2. The van der Waals surface area contributed by atoms with Crippen molar-refractivity contribution in [3.8, 4) is 5.75 Å². The molecule has 1 aromatic heterocycles. The average Bonchev–Trinajstić information content (AvgIpc) is 3.12. The van der Waals surface area contributed by atoms with Crippen LogP contribution in [0.15, 0.2) is 36.4 Å². The summed E-state index contributed by atoms with van der Waals surface area (Å²) in [5, 5.41) is 4.35. The van der Waals surface area contributed by atoms with Crippen LogP contribution in [0.3, 0.4) is 0 Å². The van der Waals surface area contributed by atoms with Crippen molar-refractivity contribution < 1.29 is 14.3 Å². The molecular formula is C19H18ClN3O3S. The van der Waals surface area contributed by atoms with E-state index in [0.29, 0.717) is 35.2 Å². The van der Waals surface area contributed by atoms with Gasteiger partial charge in [-0.2, -0.15) is 0 Å². The van der Waals surface area contributed by atoms with E-state index in [-0.39, 0.29) is 5.91 Å². The Labute approximate surface area is 165 Å². The molecule has 1 aliphatic rings. The Bertz CT molecular complexity index is 985. The Morgan fingerprint density at radius 2 is 2.07 bits per heavy atom. The normalized spacial score (nSPS) is 14.4. The Balaban J connectivity index is 1.58. The number of nitrogens with one attached hydrogen (secondary N) is 1. The molecule has 4 rings (SSSR count). The number of benzene rings is 2. The number of hydrogen-bond donors (Lipinski definition) is 1. The van der Waals surface area contributed by atoms with E-state index in [2.05, 4.69) is 15.2 Å². The number of nitrogens with zero attached hydrogens (tertiary/aromatic N) is 2. The number of thiazole rings is 1. The summed E-state index contributed by atoms with van der Waals surface area (Å²) in [6, 6.07) is 10.6. The molecule has 6 nitrogen and oxygen atoms in total. The number of rotatable bonds is 4. The van der Waals surface area contributed by atoms with Crippen LogP contribution in [-0.2, 0) is 4.74 Å². The van der Waals surface area contributed by atoms with Crippen LogP contribution in [0.4, 0.5) is 10.8 Å². The van der Waals surface area contributed by atoms with E-state index in [1.54, 1.807) is 42.7 Å². The predicted octanol–water partition coefficient (Wildman–Crippen LogP) is 4.05. The van der Waals surface area contributed by atoms with Crippen molar-refractivity contribution in [1.82, 2.24) is 4.98 Å². The molecule has 1 saturated heterocycles. The molecule has 3 aromatic rings. The number of amides is 1. The number of carbonyl (C=O) groups excluding carboxylic acids is 1. The molecule has 2 aromatic carbocycles. The second-order valence-electron chi connectivity index (χ2n) is 6.08. The maximum atomic E-state index is 12.7. The molecule has 0 bridgehead atoms. The fourth-order valence-electron chi connectivity index (χ4n) is 2.92. The van der Waals surface area contributed by atoms with Gasteiger partial charge in [0, 0.05) is 23.7 Å². The second-order valence-corrected chi connectivity index (χ2v) is 7.52. The first-order valence-corrected chi connectivity index (χ1v) is 9.71. The third-order valence-corrected chi connectivity index (χ3v) is 5.64. The Hall–Kier alpha value is -2.35. The molecule has 8 heteroatoms. The summed E-state index contributed by atoms with van der Waals surface area (Å²) in [5.74, 6) is 0.333. The van der Waals surface area contributed by atoms with Crippen LogP contribution >= 0.6 is 22.9 Å². The Morgan fingerprint density at radius 1 is 1.26 bits per heavy atom. The fraction of sp³-hybridized carbons (Fsp3) is 0.263. The molecule has 1 N–H and O–H groups in total. The molecular weight excluding hydrogens is 386 g/mol. The lowest BCUT2D eigenvalue weighted by Gasteiger charge is -2.25. The van der Waals surface area contributed by atoms with Crippen LogP contribution in [0, 0.1) is 0 Å². The minimum Gasteiger partial charge on any atom is -0.495 e. The number of ether oxygens (including phenoxy) is 2. The van der Waals surface area contributed by atoms with Gasteiger partial charge in [0.25, 0.3) is 5.91 Å². The van der Waals surface area contributed by atoms with Crippen LogP contribution in [0.2, 0.25) is 5.02 Å². The van der Waals surface area contributed by atoms with Crippen molar-refractivity contribution in [3.05, 3.63) is 47.0 Å². The zero-order valence-electron chi connectivity index (χ0n) is 14.7. The Morgan fingerprint density at radius 3 is 2.85 bits per heavy atom. The van der Waals surface area contributed by atoms with Crippen molar-refractivity contribution in [3.63, 3.8) is 0 Å². The molecule has 1 aliphatic heterocycles. The second kappa shape index (κ2) is 7.72. The third kappa shape index (κ3) is 3.85. The highest BCUT2D eigenvalue weighted by molar-refractivity contribution is 7.22. The van der Waals surface area contributed by atoms with Crippen LogP contribution < -0.4 is 15.0 Å². The van der Waals surface area contributed by atoms with Gasteiger partial charge in [-0.15, -0.1) is 0 Å². The molecule has 27 heavy (non-hydrogen) atoms. The van der Waals surface area contributed by atoms with Crippen molar-refractivity contribution >= 4 is 49.9 Å². The first-order valence-electron chi connectivity index (χ1n) is 8.52. The highest BCUT2D eigenvalue weighted by atomic mass is 35.5. The van der Waals surface area contributed by atoms with Crippen LogP contribution in [0.1, 0.15) is 10.4 Å². The van der Waals surface area contributed by atoms with Gasteiger partial charge in [0.15, 0.2) is 5.13 Å². The predicted molar refractivity (Wildman–Crippen MR) is 109 cm³/mol. The first-order chi connectivity index (χ1) is 13.1. The summed E-state index contributed by atoms with van der Waals surface area (Å²) in [5.41, 5.74) is 1.98. The SMILES string of the molecule is COc1ccc(Cl)cc1NC(=O)c1ccc2nc(N3CCOCC3)sc2c1. The molecule has 0 atom stereocenters. The monoisotopic (exact) mass is 403 g/mol. The van der Waals surface area contributed by atoms with Gasteiger partial charge >= 0.3 is 0 Å². The van der Waals surface area contributed by atoms with Gasteiger partial charge < -0.3 is 19.7 Å². The number of carbonyl (C=O) groups is 1. The van der Waals surface area contributed by atoms with E-state index in [9.17, 15) is 4.79 Å². The summed E-state index contributed by atoms with van der Waals surface area (Å²) in [6.07, 6.45) is 0. The number of halogens is 1. The van der Waals surface area contributed by atoms with E-state index in [1.165, 1.54) is 0 Å². The van der Waals surface area contributed by atoms with Gasteiger partial charge in [-0.05, 0) is 36.4 Å². The minimum atomic E-state index is -0.223. The van der Waals surface area contributed by atoms with E-state index < -0.39 is 0 Å². The molecule has 0 spiro atoms. The molecule has 140 valence electrons. The minimum absolute atomic E-state index is 0.223. The molecule has 2 heterocycles. The molecule has 0 aliphatic carbocycles. The van der Waals surface area contributed by atoms with E-state index >= 15 is 0 Å². The average molecular weight is 404 g/mol. The topological polar surface area (TPSA) is 63.7 Å². The van der Waals surface area contributed by atoms with Crippen molar-refractivity contribution in [1.29, 1.82) is 0 Å². The number of morpholine rings is 1. The number of methoxy groups -OCH3 is 1. The highest BCUT2D eigenvalue weighted by Crippen LogP contribution is 2.31. The van der Waals surface area contributed by atoms with Crippen LogP contribution in [0.25, 0.3) is 10.2 Å². The standard InChI is InChI=1S/C19H18ClN3O3S/c1-25-16-5-3-13(20)11-15(16)21-18(24)12-2-4-14-17(10-12)27-19(22-14)23-6-8-26-9-7-23/h2-5,10-11H,6-9H2,1H3,(H,21,24). The van der Waals surface area contributed by atoms with Gasteiger partial charge in [0.2, 0.25) is 0 Å². The smallest absolute Gasteiger partial charge is 0.255 e. The summed E-state index contributed by atoms with van der Waals surface area (Å²) >= 11 is 7.62. The summed E-state index contributed by atoms with van der Waals surface area (Å²) in [7, 11) is 1.55. The Kier molecular flexibility index (Phi) is 5.15. The lowest BCUT2D eigenvalue weighted by molar-refractivity contribution is 0.102. The first kappa shape index (κ1) is 18.0. The van der Waals surface area contributed by atoms with Gasteiger partial charge in [-0.3, -0.25) is 4.79 Å². The largest absolute Gasteiger partial charge is 0.495 e. The van der Waals surface area contributed by atoms with E-state index in [4.69, 9.17) is 21.1 Å². The summed E-state index contributed by atoms with van der Waals surface area (Å²) in [6.45, 7) is 3.10. The van der Waals surface area contributed by atoms with E-state index in [0.717, 1.165) is 28.4 Å². The van der Waals surface area contributed by atoms with Gasteiger partial charge in [-0.1, -0.05) is 22.9 Å². The number of anilines is 2. The van der Waals surface area contributed by atoms with Crippen molar-refractivity contribution in [2.24, 2.45) is 0 Å². The van der Waals surface area contributed by atoms with Gasteiger partial charge in [0.05, 0.1) is 36.2 Å². The molecule has 0 saturated carbocycles. The van der Waals surface area contributed by atoms with Crippen LogP contribution in [0.5, 0.6) is 5.75 Å². The molecule has 1 amide bonds. The summed E-state index contributed by atoms with van der Waals surface area (Å²) < 4.78 is 11.6. The summed E-state index contributed by atoms with van der Waals surface area (Å²) in [4.78, 5) is 19.6. The third-order valence-electron chi connectivity index (χ3n) is 4.33. The zero-order chi connectivity index (χ0) is 18.8. The zero-order valence-corrected chi connectivity index (χ0v) is 16.3. The molecule has 0 radical (unpaired) electrons. The van der Waals surface area contributed by atoms with Crippen molar-refractivity contribution in [2.45, 2.75) is 0 Å². The molecule has 1 fully saturated rings. The number of aromatic nitrogens is 1. The molecule has 0 unspecified atom stereocenters. The maximum Gasteiger partial charge on any atom is 0.255 e. The number of fused-ring (bicyclic) bond motifs is 1. The maximum absolute atomic E-state index is 12.7.